The van der Waals surface area contributed by atoms with Crippen molar-refractivity contribution >= 4 is 19.0 Å². The number of aliphatic hydroxyl groups is 2. The second-order valence-electron chi connectivity index (χ2n) is 6.25. The monoisotopic (exact) mass is 309 g/mol. The van der Waals surface area contributed by atoms with Gasteiger partial charge in [0.15, 0.2) is 0 Å². The zero-order valence-corrected chi connectivity index (χ0v) is 13.5. The molecule has 0 aromatic heterocycles. The maximum atomic E-state index is 10.3. The molecule has 21 heavy (non-hydrogen) atoms. The third kappa shape index (κ3) is 3.67. The van der Waals surface area contributed by atoms with Crippen LogP contribution < -0.4 is 5.73 Å². The summed E-state index contributed by atoms with van der Waals surface area (Å²) in [4.78, 5) is 5.83. The Balaban J connectivity index is 2.14. The Bertz CT molecular complexity index is 573. The van der Waals surface area contributed by atoms with Crippen LogP contribution in [0.4, 0.5) is 0 Å². The van der Waals surface area contributed by atoms with Crippen molar-refractivity contribution in [1.29, 1.82) is 0 Å². The zero-order chi connectivity index (χ0) is 15.8. The van der Waals surface area contributed by atoms with Gasteiger partial charge in [0.05, 0.1) is 6.04 Å². The molecular weight excluding hydrogens is 285 g/mol. The smallest absolute Gasteiger partial charge is 0.128 e. The first-order valence-electron chi connectivity index (χ1n) is 6.93. The number of nitrogens with two attached hydrogens (primary N) is 1. The molecule has 1 heterocycles. The van der Waals surface area contributed by atoms with E-state index in [-0.39, 0.29) is 6.04 Å². The Labute approximate surface area is 126 Å². The van der Waals surface area contributed by atoms with Crippen molar-refractivity contribution in [2.45, 2.75) is 24.7 Å². The van der Waals surface area contributed by atoms with Crippen LogP contribution in [0.5, 0.6) is 0 Å². The number of nitrogens with zero attached hydrogens (tertiary/aromatic N) is 2. The van der Waals surface area contributed by atoms with Gasteiger partial charge in [-0.2, -0.15) is 0 Å². The summed E-state index contributed by atoms with van der Waals surface area (Å²) in [7, 11) is 0. The lowest BCUT2D eigenvalue weighted by molar-refractivity contribution is 0.0222. The molecule has 0 aromatic carbocycles. The summed E-state index contributed by atoms with van der Waals surface area (Å²) in [6.45, 7) is 7.01. The second kappa shape index (κ2) is 5.84. The minimum absolute atomic E-state index is 0.359. The highest BCUT2D eigenvalue weighted by Gasteiger charge is 2.38. The van der Waals surface area contributed by atoms with Crippen molar-refractivity contribution in [3.8, 4) is 0 Å². The van der Waals surface area contributed by atoms with Gasteiger partial charge in [-0.05, 0) is 37.6 Å². The van der Waals surface area contributed by atoms with Gasteiger partial charge in [-0.25, -0.2) is 4.99 Å². The summed E-state index contributed by atoms with van der Waals surface area (Å²) in [5.41, 5.74) is 6.48. The van der Waals surface area contributed by atoms with E-state index in [1.54, 1.807) is 17.2 Å². The number of aliphatic imine (C=N–C) groups is 1. The predicted molar refractivity (Wildman–Crippen MR) is 91.0 cm³/mol. The highest BCUT2D eigenvalue weighted by molar-refractivity contribution is 7.72. The molecular formula is C15H24N3O2P. The van der Waals surface area contributed by atoms with E-state index in [1.807, 2.05) is 6.08 Å². The molecule has 0 fully saturated rings. The molecule has 1 aliphatic heterocycles. The maximum absolute atomic E-state index is 10.3. The molecule has 6 heteroatoms. The van der Waals surface area contributed by atoms with Gasteiger partial charge in [0, 0.05) is 6.20 Å². The van der Waals surface area contributed by atoms with Crippen molar-refractivity contribution in [2.24, 2.45) is 10.7 Å². The van der Waals surface area contributed by atoms with Crippen LogP contribution in [-0.4, -0.2) is 65.0 Å². The normalized spacial score (nSPS) is 29.6. The number of amidine groups is 1. The molecule has 0 radical (unpaired) electrons. The first-order valence-corrected chi connectivity index (χ1v) is 9.98. The van der Waals surface area contributed by atoms with Gasteiger partial charge in [-0.3, -0.25) is 0 Å². The van der Waals surface area contributed by atoms with Crippen LogP contribution in [0.1, 0.15) is 6.42 Å². The molecule has 1 aliphatic carbocycles. The van der Waals surface area contributed by atoms with Crippen LogP contribution in [0.2, 0.25) is 0 Å². The molecule has 3 atom stereocenters. The highest BCUT2D eigenvalue weighted by Crippen LogP contribution is 2.39. The van der Waals surface area contributed by atoms with E-state index in [0.29, 0.717) is 11.7 Å². The number of hydrogen-bond acceptors (Lipinski definition) is 5. The summed E-state index contributed by atoms with van der Waals surface area (Å²) in [6, 6.07) is -0.359. The zero-order valence-electron chi connectivity index (χ0n) is 12.6. The van der Waals surface area contributed by atoms with Gasteiger partial charge in [0.1, 0.15) is 23.9 Å². The van der Waals surface area contributed by atoms with Crippen molar-refractivity contribution in [2.75, 3.05) is 19.5 Å². The third-order valence-corrected chi connectivity index (χ3v) is 5.16. The molecule has 2 aliphatic rings. The number of rotatable bonds is 4. The second-order valence-corrected chi connectivity index (χ2v) is 10.6. The highest BCUT2D eigenvalue weighted by atomic mass is 31.2. The van der Waals surface area contributed by atoms with Gasteiger partial charge >= 0.3 is 0 Å². The van der Waals surface area contributed by atoms with Crippen LogP contribution in [0.3, 0.4) is 0 Å². The maximum Gasteiger partial charge on any atom is 0.128 e. The van der Waals surface area contributed by atoms with E-state index >= 15 is 0 Å². The molecule has 0 amide bonds. The van der Waals surface area contributed by atoms with E-state index in [1.165, 1.54) is 0 Å². The molecule has 0 saturated heterocycles. The van der Waals surface area contributed by atoms with Crippen molar-refractivity contribution < 1.29 is 10.2 Å². The van der Waals surface area contributed by atoms with Crippen molar-refractivity contribution in [3.05, 3.63) is 36.3 Å². The molecule has 116 valence electrons. The summed E-state index contributed by atoms with van der Waals surface area (Å²) in [5.74, 6) is 0.853. The van der Waals surface area contributed by atoms with Crippen LogP contribution in [0, 0.1) is 0 Å². The molecule has 5 nitrogen and oxygen atoms in total. The first-order chi connectivity index (χ1) is 9.69. The first kappa shape index (κ1) is 16.1. The van der Waals surface area contributed by atoms with Gasteiger partial charge < -0.3 is 20.8 Å². The predicted octanol–water partition coefficient (Wildman–Crippen LogP) is 0.774. The van der Waals surface area contributed by atoms with Gasteiger partial charge in [-0.15, -0.1) is 13.2 Å². The fraction of sp³-hybridized carbons (Fsp3) is 0.467. The summed E-state index contributed by atoms with van der Waals surface area (Å²) < 4.78 is 0. The largest absolute Gasteiger partial charge is 0.388 e. The number of aliphatic hydroxyl groups excluding tert-OH is 2. The minimum atomic E-state index is -1.15. The van der Waals surface area contributed by atoms with E-state index in [9.17, 15) is 10.2 Å². The lowest BCUT2D eigenvalue weighted by Gasteiger charge is -2.31. The standard InChI is InChI=1S/C15H24N3O2P/c1-10-17-13(16)5-7-18(10)12-9-11(14(19)15(12)20)6-8-21(2,3)4/h5,7,9,12,14-15,19-20H,1-2,6,8H2,3-4H3,(H2,16,17)/t12-,14-,15?/m1/s1. The summed E-state index contributed by atoms with van der Waals surface area (Å²) in [5, 5.41) is 20.5. The van der Waals surface area contributed by atoms with E-state index < -0.39 is 19.1 Å². The molecule has 0 saturated carbocycles. The van der Waals surface area contributed by atoms with Crippen LogP contribution in [0.15, 0.2) is 41.3 Å². The fourth-order valence-corrected chi connectivity index (χ4v) is 3.35. The molecule has 0 spiro atoms. The van der Waals surface area contributed by atoms with Crippen LogP contribution in [0.25, 0.3) is 0 Å². The Morgan fingerprint density at radius 2 is 2.10 bits per heavy atom. The topological polar surface area (TPSA) is 82.1 Å². The molecule has 0 aromatic rings. The minimum Gasteiger partial charge on any atom is -0.388 e. The average molecular weight is 309 g/mol. The van der Waals surface area contributed by atoms with E-state index in [4.69, 9.17) is 5.73 Å². The van der Waals surface area contributed by atoms with E-state index in [0.717, 1.165) is 18.2 Å². The van der Waals surface area contributed by atoms with E-state index in [2.05, 4.69) is 31.2 Å². The quantitative estimate of drug-likeness (QED) is 0.529. The molecule has 2 rings (SSSR count). The summed E-state index contributed by atoms with van der Waals surface area (Å²) in [6.07, 6.45) is 9.47. The number of hydrogen-bond donors (Lipinski definition) is 3. The third-order valence-electron chi connectivity index (χ3n) is 3.73. The molecule has 4 N–H and O–H groups in total. The SMILES string of the molecule is C=C1N=C(N)C=CN1[C@@H]1C=C(CCP(=C)(C)C)[C@@H](O)C1O. The average Bonchev–Trinajstić information content (AvgIpc) is 2.64. The Kier molecular flexibility index (Phi) is 4.47. The molecule has 0 bridgehead atoms. The lowest BCUT2D eigenvalue weighted by atomic mass is 10.1. The Morgan fingerprint density at radius 1 is 1.43 bits per heavy atom. The summed E-state index contributed by atoms with van der Waals surface area (Å²) >= 11 is 0. The fourth-order valence-electron chi connectivity index (χ4n) is 2.49. The Hall–Kier alpha value is -1.29. The molecule has 1 unspecified atom stereocenters. The Morgan fingerprint density at radius 3 is 2.67 bits per heavy atom. The van der Waals surface area contributed by atoms with Crippen molar-refractivity contribution in [1.82, 2.24) is 4.90 Å². The van der Waals surface area contributed by atoms with Gasteiger partial charge in [0.25, 0.3) is 0 Å². The van der Waals surface area contributed by atoms with Crippen molar-refractivity contribution in [3.63, 3.8) is 0 Å². The van der Waals surface area contributed by atoms with Gasteiger partial charge in [0.2, 0.25) is 0 Å². The lowest BCUT2D eigenvalue weighted by Crippen LogP contribution is -2.41. The van der Waals surface area contributed by atoms with Crippen LogP contribution in [-0.2, 0) is 0 Å². The van der Waals surface area contributed by atoms with Crippen LogP contribution >= 0.6 is 6.89 Å². The van der Waals surface area contributed by atoms with Gasteiger partial charge in [-0.1, -0.05) is 12.7 Å².